The molecule has 1 fully saturated rings. The molecule has 3 aromatic rings. The molecule has 0 bridgehead atoms. The highest BCUT2D eigenvalue weighted by Crippen LogP contribution is 2.31. The van der Waals surface area contributed by atoms with Crippen LogP contribution in [0.3, 0.4) is 0 Å². The quantitative estimate of drug-likeness (QED) is 0.442. The molecule has 0 atom stereocenters. The Morgan fingerprint density at radius 2 is 1.97 bits per heavy atom. The van der Waals surface area contributed by atoms with Crippen molar-refractivity contribution in [3.63, 3.8) is 0 Å². The van der Waals surface area contributed by atoms with E-state index in [0.29, 0.717) is 0 Å². The number of carbonyl (C=O) groups is 1. The van der Waals surface area contributed by atoms with Crippen LogP contribution in [0.4, 0.5) is 15.5 Å². The molecule has 5 rings (SSSR count). The number of urea groups is 1. The Morgan fingerprint density at radius 1 is 1.08 bits per heavy atom. The number of benzene rings is 2. The summed E-state index contributed by atoms with van der Waals surface area (Å²) in [6, 6.07) is 17.4. The molecule has 188 valence electrons. The Labute approximate surface area is 216 Å². The minimum Gasteiger partial charge on any atom is -0.493 e. The van der Waals surface area contributed by atoms with E-state index in [-0.39, 0.29) is 0 Å². The molecule has 0 aliphatic carbocycles. The number of aryl methyl sites for hydroxylation is 1. The number of unbranched alkanes of at least 4 members (excludes halogenated alkanes) is 1. The molecule has 2 aliphatic rings. The third-order valence-electron chi connectivity index (χ3n) is 6.84. The van der Waals surface area contributed by atoms with E-state index in [1.54, 1.807) is 0 Å². The number of thiophene rings is 1. The first-order chi connectivity index (χ1) is 17.6. The van der Waals surface area contributed by atoms with Gasteiger partial charge in [0.05, 0.1) is 11.6 Å². The lowest BCUT2D eigenvalue weighted by Gasteiger charge is -2.36. The van der Waals surface area contributed by atoms with Gasteiger partial charge in [-0.3, -0.25) is 10.2 Å². The Balaban J connectivity index is 1.03. The van der Waals surface area contributed by atoms with E-state index in [1.807, 2.05) is 24.3 Å². The minimum absolute atomic E-state index is 0.544. The van der Waals surface area contributed by atoms with Crippen molar-refractivity contribution in [1.29, 1.82) is 0 Å². The Morgan fingerprint density at radius 3 is 2.83 bits per heavy atom. The van der Waals surface area contributed by atoms with Crippen molar-refractivity contribution in [1.82, 2.24) is 4.90 Å². The number of fused-ring (bicyclic) bond motifs is 2. The zero-order valence-electron chi connectivity index (χ0n) is 20.7. The van der Waals surface area contributed by atoms with Crippen molar-refractivity contribution >= 4 is 38.1 Å². The summed E-state index contributed by atoms with van der Waals surface area (Å²) in [6.45, 7) is 7.12. The van der Waals surface area contributed by atoms with E-state index in [2.05, 4.69) is 44.2 Å². The van der Waals surface area contributed by atoms with Crippen LogP contribution < -0.4 is 20.7 Å². The molecule has 3 heterocycles. The molecule has 0 spiro atoms. The van der Waals surface area contributed by atoms with Crippen molar-refractivity contribution in [2.75, 3.05) is 56.1 Å². The van der Waals surface area contributed by atoms with Gasteiger partial charge >= 0.3 is 12.1 Å². The Kier molecular flexibility index (Phi) is 7.89. The number of hydrogen-bond acceptors (Lipinski definition) is 5. The summed E-state index contributed by atoms with van der Waals surface area (Å²) in [5.41, 5.74) is 8.86. The molecule has 7 nitrogen and oxygen atoms in total. The second kappa shape index (κ2) is 11.6. The number of nitrogens with two attached hydrogens (primary N) is 1. The van der Waals surface area contributed by atoms with E-state index in [9.17, 15) is 4.79 Å². The normalized spacial score (nSPS) is 15.9. The van der Waals surface area contributed by atoms with E-state index >= 15 is 0 Å². The fraction of sp³-hybridized carbons (Fsp3) is 0.429. The molecule has 0 radical (unpaired) electrons. The van der Waals surface area contributed by atoms with Crippen LogP contribution in [0.5, 0.6) is 5.75 Å². The summed E-state index contributed by atoms with van der Waals surface area (Å²) < 4.78 is 6.98. The molecular weight excluding hydrogens is 470 g/mol. The van der Waals surface area contributed by atoms with Crippen molar-refractivity contribution in [2.45, 2.75) is 32.1 Å². The number of primary amides is 1. The van der Waals surface area contributed by atoms with E-state index in [0.717, 1.165) is 98.0 Å². The predicted octanol–water partition coefficient (Wildman–Crippen LogP) is 5.39. The zero-order valence-corrected chi connectivity index (χ0v) is 21.5. The molecule has 0 unspecified atom stereocenters. The summed E-state index contributed by atoms with van der Waals surface area (Å²) in [7, 11) is 0. The van der Waals surface area contributed by atoms with Gasteiger partial charge in [-0.05, 0) is 85.6 Å². The number of anilines is 2. The minimum atomic E-state index is -0.544. The van der Waals surface area contributed by atoms with Gasteiger partial charge in [0.25, 0.3) is 6.54 Å². The fourth-order valence-electron chi connectivity index (χ4n) is 4.90. The number of rotatable bonds is 6. The maximum absolute atomic E-state index is 11.0. The van der Waals surface area contributed by atoms with Crippen molar-refractivity contribution < 1.29 is 9.53 Å². The third-order valence-corrected chi connectivity index (χ3v) is 7.88. The first-order valence-electron chi connectivity index (χ1n) is 12.9. The van der Waals surface area contributed by atoms with Crippen LogP contribution in [0, 0.1) is 6.07 Å². The second-order valence-electron chi connectivity index (χ2n) is 9.48. The van der Waals surface area contributed by atoms with E-state index in [4.69, 9.17) is 10.5 Å². The van der Waals surface area contributed by atoms with Crippen molar-refractivity contribution in [3.05, 3.63) is 58.4 Å². The zero-order chi connectivity index (χ0) is 24.7. The highest BCUT2D eigenvalue weighted by Gasteiger charge is 2.19. The first kappa shape index (κ1) is 24.4. The number of amides is 2. The average molecular weight is 505 g/mol. The lowest BCUT2D eigenvalue weighted by atomic mass is 10.1. The van der Waals surface area contributed by atoms with Crippen molar-refractivity contribution in [2.24, 2.45) is 5.73 Å². The van der Waals surface area contributed by atoms with Gasteiger partial charge in [0.15, 0.2) is 0 Å². The fourth-order valence-corrected chi connectivity index (χ4v) is 5.84. The average Bonchev–Trinajstić information content (AvgIpc) is 3.11. The van der Waals surface area contributed by atoms with E-state index < -0.39 is 6.03 Å². The monoisotopic (exact) mass is 504 g/mol. The van der Waals surface area contributed by atoms with Gasteiger partial charge in [-0.15, -0.1) is 11.3 Å². The van der Waals surface area contributed by atoms with Gasteiger partial charge in [0, 0.05) is 43.0 Å². The molecule has 2 aromatic carbocycles. The van der Waals surface area contributed by atoms with Crippen LogP contribution in [-0.4, -0.2) is 56.8 Å². The molecule has 0 saturated carbocycles. The molecule has 3 N–H and O–H groups in total. The summed E-state index contributed by atoms with van der Waals surface area (Å²) in [6.07, 6.45) is 5.70. The molecular formula is C28H34N5O2S+. The van der Waals surface area contributed by atoms with E-state index in [1.165, 1.54) is 29.0 Å². The summed E-state index contributed by atoms with van der Waals surface area (Å²) >= 11 is 1.50. The number of carbonyl (C=O) groups excluding carboxylic acids is 1. The topological polar surface area (TPSA) is 75.2 Å². The SMILES string of the molecule is NC(=O)Nc1cc2cc(C#[N+]CCCCN3CCN(c4ccc5c(c4)CCCCO5)CC3)ccc2s1. The maximum atomic E-state index is 11.0. The molecule has 8 heteroatoms. The van der Waals surface area contributed by atoms with Crippen LogP contribution in [0.15, 0.2) is 42.5 Å². The van der Waals surface area contributed by atoms with Gasteiger partial charge < -0.3 is 15.4 Å². The van der Waals surface area contributed by atoms with Gasteiger partial charge in [0.1, 0.15) is 11.3 Å². The third kappa shape index (κ3) is 6.28. The number of nitrogens with one attached hydrogen (secondary N) is 1. The van der Waals surface area contributed by atoms with Gasteiger partial charge in [-0.25, -0.2) is 4.79 Å². The molecule has 1 aromatic heterocycles. The second-order valence-corrected chi connectivity index (χ2v) is 10.6. The van der Waals surface area contributed by atoms with Gasteiger partial charge in [-0.1, -0.05) is 4.85 Å². The van der Waals surface area contributed by atoms with Crippen LogP contribution in [-0.2, 0) is 6.42 Å². The molecule has 1 saturated heterocycles. The van der Waals surface area contributed by atoms with Crippen LogP contribution in [0.1, 0.15) is 36.8 Å². The summed E-state index contributed by atoms with van der Waals surface area (Å²) in [5.74, 6) is 1.08. The number of nitrogens with zero attached hydrogens (tertiary/aromatic N) is 3. The van der Waals surface area contributed by atoms with Crippen LogP contribution in [0.2, 0.25) is 0 Å². The lowest BCUT2D eigenvalue weighted by Crippen LogP contribution is -2.46. The number of piperazine rings is 1. The number of hydrogen-bond donors (Lipinski definition) is 2. The largest absolute Gasteiger partial charge is 0.493 e. The lowest BCUT2D eigenvalue weighted by molar-refractivity contribution is 0.254. The first-order valence-corrected chi connectivity index (χ1v) is 13.7. The predicted molar refractivity (Wildman–Crippen MR) is 149 cm³/mol. The molecule has 2 amide bonds. The van der Waals surface area contributed by atoms with Crippen LogP contribution >= 0.6 is 11.3 Å². The van der Waals surface area contributed by atoms with Crippen LogP contribution in [0.25, 0.3) is 14.9 Å². The molecule has 36 heavy (non-hydrogen) atoms. The number of ether oxygens (including phenoxy) is 1. The highest BCUT2D eigenvalue weighted by atomic mass is 32.1. The smallest absolute Gasteiger partial charge is 0.317 e. The Hall–Kier alpha value is -3.28. The highest BCUT2D eigenvalue weighted by molar-refractivity contribution is 7.22. The van der Waals surface area contributed by atoms with Gasteiger partial charge in [0.2, 0.25) is 0 Å². The maximum Gasteiger partial charge on any atom is 0.317 e. The van der Waals surface area contributed by atoms with Gasteiger partial charge in [-0.2, -0.15) is 0 Å². The standard InChI is InChI=1S/C28H33N5O2S/c29-28(34)31-27-19-23-17-21(6-9-26(23)36-27)20-30-10-2-3-11-32-12-14-33(15-13-32)24-7-8-25-22(18-24)5-1-4-16-35-25/h6-9,17-19H,1-5,10-16H2,(H2-,29,31,34)/p+1. The summed E-state index contributed by atoms with van der Waals surface area (Å²) in [5, 5.41) is 4.44. The summed E-state index contributed by atoms with van der Waals surface area (Å²) in [4.78, 5) is 20.6. The molecule has 2 aliphatic heterocycles. The van der Waals surface area contributed by atoms with Crippen molar-refractivity contribution in [3.8, 4) is 11.8 Å². The Bertz CT molecular complexity index is 1270.